The van der Waals surface area contributed by atoms with Crippen molar-refractivity contribution in [2.75, 3.05) is 7.11 Å². The van der Waals surface area contributed by atoms with Gasteiger partial charge in [-0.2, -0.15) is 5.26 Å². The van der Waals surface area contributed by atoms with Crippen LogP contribution in [0.3, 0.4) is 0 Å². The largest absolute Gasteiger partial charge is 0.480 e. The number of benzene rings is 1. The Labute approximate surface area is 140 Å². The number of rotatable bonds is 3. The van der Waals surface area contributed by atoms with Gasteiger partial charge in [0.1, 0.15) is 6.10 Å². The first-order valence-corrected chi connectivity index (χ1v) is 7.70. The molecule has 2 aromatic rings. The molecule has 124 valence electrons. The average molecular weight is 325 g/mol. The number of methoxy groups -OCH3 is 1. The second-order valence-electron chi connectivity index (χ2n) is 6.59. The maximum atomic E-state index is 10.8. The second kappa shape index (κ2) is 6.10. The van der Waals surface area contributed by atoms with Crippen LogP contribution in [0.5, 0.6) is 11.8 Å². The number of hydrogen-bond donors (Lipinski definition) is 1. The molecule has 1 aromatic carbocycles. The Morgan fingerprint density at radius 2 is 1.92 bits per heavy atom. The minimum Gasteiger partial charge on any atom is -0.480 e. The summed E-state index contributed by atoms with van der Waals surface area (Å²) in [5.74, 6) is 0.685. The van der Waals surface area contributed by atoms with Crippen LogP contribution in [0.15, 0.2) is 30.3 Å². The Bertz CT molecular complexity index is 781. The van der Waals surface area contributed by atoms with E-state index < -0.39 is 12.2 Å². The Balaban J connectivity index is 1.99. The fraction of sp³-hybridized carbons (Fsp3) is 0.389. The molecule has 0 bridgehead atoms. The molecule has 24 heavy (non-hydrogen) atoms. The maximum absolute atomic E-state index is 10.8. The van der Waals surface area contributed by atoms with Gasteiger partial charge in [-0.25, -0.2) is 0 Å². The van der Waals surface area contributed by atoms with Crippen molar-refractivity contribution >= 4 is 0 Å². The summed E-state index contributed by atoms with van der Waals surface area (Å²) >= 11 is 0. The normalized spacial score (nSPS) is 21.5. The van der Waals surface area contributed by atoms with E-state index in [9.17, 15) is 5.11 Å². The van der Waals surface area contributed by atoms with Crippen molar-refractivity contribution < 1.29 is 14.6 Å². The highest BCUT2D eigenvalue weighted by atomic mass is 16.5. The van der Waals surface area contributed by atoms with E-state index in [1.165, 1.54) is 7.11 Å². The first kappa shape index (κ1) is 16.2. The van der Waals surface area contributed by atoms with Gasteiger partial charge in [0.15, 0.2) is 6.10 Å². The predicted molar refractivity (Wildman–Crippen MR) is 86.6 cm³/mol. The van der Waals surface area contributed by atoms with Gasteiger partial charge in [0, 0.05) is 12.1 Å². The van der Waals surface area contributed by atoms with Gasteiger partial charge in [-0.05, 0) is 35.1 Å². The Morgan fingerprint density at radius 1 is 1.21 bits per heavy atom. The molecule has 2 atom stereocenters. The minimum atomic E-state index is -0.733. The fourth-order valence-corrected chi connectivity index (χ4v) is 3.00. The highest BCUT2D eigenvalue weighted by molar-refractivity contribution is 5.42. The summed E-state index contributed by atoms with van der Waals surface area (Å²) in [7, 11) is 1.51. The predicted octanol–water partition coefficient (Wildman–Crippen LogP) is 2.42. The van der Waals surface area contributed by atoms with E-state index in [0.717, 1.165) is 11.1 Å². The average Bonchev–Trinajstić information content (AvgIpc) is 2.59. The number of nitriles is 1. The molecule has 6 nitrogen and oxygen atoms in total. The molecule has 6 heteroatoms. The number of aliphatic hydroxyl groups is 1. The van der Waals surface area contributed by atoms with E-state index in [-0.39, 0.29) is 5.41 Å². The first-order valence-electron chi connectivity index (χ1n) is 7.70. The third-order valence-electron chi connectivity index (χ3n) is 4.39. The molecular formula is C18H19N3O3. The van der Waals surface area contributed by atoms with Crippen LogP contribution in [0.1, 0.15) is 36.6 Å². The Hall–Kier alpha value is -2.65. The van der Waals surface area contributed by atoms with Crippen molar-refractivity contribution in [3.05, 3.63) is 47.0 Å². The van der Waals surface area contributed by atoms with Gasteiger partial charge >= 0.3 is 0 Å². The molecule has 0 spiro atoms. The van der Waals surface area contributed by atoms with Crippen molar-refractivity contribution in [1.29, 1.82) is 5.26 Å². The smallest absolute Gasteiger partial charge is 0.234 e. The highest BCUT2D eigenvalue weighted by Gasteiger charge is 2.42. The molecule has 0 amide bonds. The van der Waals surface area contributed by atoms with Crippen LogP contribution in [-0.2, 0) is 6.42 Å². The van der Waals surface area contributed by atoms with Crippen molar-refractivity contribution in [2.45, 2.75) is 32.5 Å². The molecular weight excluding hydrogens is 306 g/mol. The third-order valence-corrected chi connectivity index (χ3v) is 4.39. The van der Waals surface area contributed by atoms with Crippen LogP contribution in [0, 0.1) is 16.7 Å². The van der Waals surface area contributed by atoms with Gasteiger partial charge in [0.05, 0.1) is 18.7 Å². The van der Waals surface area contributed by atoms with Crippen LogP contribution in [0.4, 0.5) is 0 Å². The summed E-state index contributed by atoms with van der Waals surface area (Å²) in [5.41, 5.74) is 2.07. The lowest BCUT2D eigenvalue weighted by Crippen LogP contribution is -2.43. The van der Waals surface area contributed by atoms with E-state index in [2.05, 4.69) is 16.3 Å². The zero-order chi connectivity index (χ0) is 17.3. The standard InChI is InChI=1S/C18H19N3O3/c1-18(2)9-12-5-4-11(10-19)8-13(12)16(17(18)22)24-15-7-6-14(23-3)20-21-15/h4-8,16-17,22H,9H2,1-3H3. The van der Waals surface area contributed by atoms with Crippen LogP contribution >= 0.6 is 0 Å². The number of aliphatic hydroxyl groups excluding tert-OH is 1. The topological polar surface area (TPSA) is 88.3 Å². The number of ether oxygens (including phenoxy) is 2. The molecule has 0 saturated heterocycles. The first-order chi connectivity index (χ1) is 11.4. The molecule has 2 unspecified atom stereocenters. The van der Waals surface area contributed by atoms with Gasteiger partial charge in [-0.1, -0.05) is 19.9 Å². The van der Waals surface area contributed by atoms with Crippen LogP contribution in [-0.4, -0.2) is 28.5 Å². The van der Waals surface area contributed by atoms with Crippen molar-refractivity contribution in [3.63, 3.8) is 0 Å². The Kier molecular flexibility index (Phi) is 4.12. The molecule has 1 aliphatic carbocycles. The minimum absolute atomic E-state index is 0.297. The summed E-state index contributed by atoms with van der Waals surface area (Å²) in [5, 5.41) is 27.8. The van der Waals surface area contributed by atoms with E-state index >= 15 is 0 Å². The lowest BCUT2D eigenvalue weighted by Gasteiger charge is -2.41. The van der Waals surface area contributed by atoms with Crippen molar-refractivity contribution in [3.8, 4) is 17.8 Å². The highest BCUT2D eigenvalue weighted by Crippen LogP contribution is 2.43. The van der Waals surface area contributed by atoms with Crippen LogP contribution in [0.25, 0.3) is 0 Å². The summed E-state index contributed by atoms with van der Waals surface area (Å²) in [6.45, 7) is 3.99. The second-order valence-corrected chi connectivity index (χ2v) is 6.59. The molecule has 0 saturated carbocycles. The fourth-order valence-electron chi connectivity index (χ4n) is 3.00. The molecule has 0 radical (unpaired) electrons. The van der Waals surface area contributed by atoms with Crippen molar-refractivity contribution in [2.24, 2.45) is 5.41 Å². The molecule has 3 rings (SSSR count). The number of nitrogens with zero attached hydrogens (tertiary/aromatic N) is 3. The molecule has 1 N–H and O–H groups in total. The maximum Gasteiger partial charge on any atom is 0.234 e. The van der Waals surface area contributed by atoms with Crippen LogP contribution in [0.2, 0.25) is 0 Å². The van der Waals surface area contributed by atoms with E-state index in [0.29, 0.717) is 23.7 Å². The van der Waals surface area contributed by atoms with E-state index in [1.807, 2.05) is 19.9 Å². The molecule has 1 heterocycles. The van der Waals surface area contributed by atoms with Gasteiger partial charge in [0.25, 0.3) is 0 Å². The van der Waals surface area contributed by atoms with Gasteiger partial charge in [-0.3, -0.25) is 0 Å². The number of hydrogen-bond acceptors (Lipinski definition) is 6. The number of fused-ring (bicyclic) bond motifs is 1. The molecule has 0 fully saturated rings. The quantitative estimate of drug-likeness (QED) is 0.932. The third kappa shape index (κ3) is 2.91. The van der Waals surface area contributed by atoms with Gasteiger partial charge in [0.2, 0.25) is 11.8 Å². The zero-order valence-electron chi connectivity index (χ0n) is 13.9. The molecule has 0 aliphatic heterocycles. The SMILES string of the molecule is COc1ccc(OC2c3cc(C#N)ccc3CC(C)(C)C2O)nn1. The van der Waals surface area contributed by atoms with Gasteiger partial charge in [-0.15, -0.1) is 10.2 Å². The number of aromatic nitrogens is 2. The summed E-state index contributed by atoms with van der Waals surface area (Å²) in [4.78, 5) is 0. The van der Waals surface area contributed by atoms with Crippen LogP contribution < -0.4 is 9.47 Å². The lowest BCUT2D eigenvalue weighted by atomic mass is 9.70. The zero-order valence-corrected chi connectivity index (χ0v) is 13.9. The van der Waals surface area contributed by atoms with E-state index in [1.54, 1.807) is 24.3 Å². The summed E-state index contributed by atoms with van der Waals surface area (Å²) < 4.78 is 10.9. The molecule has 1 aliphatic rings. The lowest BCUT2D eigenvalue weighted by molar-refractivity contribution is -0.0524. The molecule has 1 aromatic heterocycles. The van der Waals surface area contributed by atoms with Gasteiger partial charge < -0.3 is 14.6 Å². The van der Waals surface area contributed by atoms with E-state index in [4.69, 9.17) is 14.7 Å². The van der Waals surface area contributed by atoms with Crippen molar-refractivity contribution in [1.82, 2.24) is 10.2 Å². The summed E-state index contributed by atoms with van der Waals surface area (Å²) in [6, 6.07) is 10.9. The summed E-state index contributed by atoms with van der Waals surface area (Å²) in [6.07, 6.45) is -0.633. The Morgan fingerprint density at radius 3 is 2.54 bits per heavy atom. The monoisotopic (exact) mass is 325 g/mol.